The zero-order valence-corrected chi connectivity index (χ0v) is 15.9. The number of nitrogens with one attached hydrogen (secondary N) is 2. The fraction of sp³-hybridized carbons (Fsp3) is 0.882. The summed E-state index contributed by atoms with van der Waals surface area (Å²) in [6.45, 7) is 9.70. The Labute approximate surface area is 146 Å². The van der Waals surface area contributed by atoms with Crippen molar-refractivity contribution in [3.8, 4) is 0 Å². The second-order valence-corrected chi connectivity index (χ2v) is 7.42. The van der Waals surface area contributed by atoms with Crippen molar-refractivity contribution < 1.29 is 4.79 Å². The number of amides is 1. The Morgan fingerprint density at radius 1 is 1.21 bits per heavy atom. The van der Waals surface area contributed by atoms with Gasteiger partial charge in [0.15, 0.2) is 5.96 Å². The lowest BCUT2D eigenvalue weighted by molar-refractivity contribution is -0.133. The molecule has 0 radical (unpaired) electrons. The number of nitrogens with zero attached hydrogens (tertiary/aromatic N) is 4. The molecule has 2 rings (SSSR count). The molecule has 0 aromatic heterocycles. The minimum Gasteiger partial charge on any atom is -0.355 e. The standard InChI is InChI=1S/C17H34N6O/c1-13(2)16(24)23-7-6-14(11-23)20-17(18-3)19-10-15-12-21(4)8-9-22(15)5/h13-15H,6-12H2,1-5H3,(H2,18,19,20). The smallest absolute Gasteiger partial charge is 0.225 e. The predicted molar refractivity (Wildman–Crippen MR) is 98.2 cm³/mol. The maximum atomic E-state index is 12.1. The van der Waals surface area contributed by atoms with Crippen molar-refractivity contribution in [2.24, 2.45) is 10.9 Å². The molecule has 2 heterocycles. The van der Waals surface area contributed by atoms with Gasteiger partial charge < -0.3 is 20.4 Å². The number of carbonyl (C=O) groups is 1. The van der Waals surface area contributed by atoms with Crippen LogP contribution in [-0.2, 0) is 4.79 Å². The van der Waals surface area contributed by atoms with E-state index in [9.17, 15) is 4.79 Å². The fourth-order valence-electron chi connectivity index (χ4n) is 3.37. The molecule has 2 aliphatic heterocycles. The summed E-state index contributed by atoms with van der Waals surface area (Å²) in [5, 5.41) is 6.92. The molecule has 2 N–H and O–H groups in total. The molecule has 0 aromatic carbocycles. The fourth-order valence-corrected chi connectivity index (χ4v) is 3.37. The number of guanidine groups is 1. The van der Waals surface area contributed by atoms with Gasteiger partial charge in [-0.2, -0.15) is 0 Å². The van der Waals surface area contributed by atoms with Gasteiger partial charge in [0.05, 0.1) is 0 Å². The molecule has 0 spiro atoms. The summed E-state index contributed by atoms with van der Waals surface area (Å²) in [4.78, 5) is 23.2. The summed E-state index contributed by atoms with van der Waals surface area (Å²) in [5.41, 5.74) is 0. The highest BCUT2D eigenvalue weighted by Crippen LogP contribution is 2.12. The minimum absolute atomic E-state index is 0.0695. The van der Waals surface area contributed by atoms with E-state index in [-0.39, 0.29) is 17.9 Å². The Bertz CT molecular complexity index is 452. The van der Waals surface area contributed by atoms with Crippen LogP contribution in [0.15, 0.2) is 4.99 Å². The van der Waals surface area contributed by atoms with Crippen molar-refractivity contribution in [3.05, 3.63) is 0 Å². The van der Waals surface area contributed by atoms with Gasteiger partial charge in [0.1, 0.15) is 0 Å². The molecule has 0 aromatic rings. The van der Waals surface area contributed by atoms with Gasteiger partial charge in [0.2, 0.25) is 5.91 Å². The number of carbonyl (C=O) groups excluding carboxylic acids is 1. The summed E-state index contributed by atoms with van der Waals surface area (Å²) < 4.78 is 0. The molecule has 0 aliphatic carbocycles. The molecule has 7 heteroatoms. The van der Waals surface area contributed by atoms with Crippen LogP contribution >= 0.6 is 0 Å². The molecular weight excluding hydrogens is 304 g/mol. The monoisotopic (exact) mass is 338 g/mol. The SMILES string of the molecule is CN=C(NCC1CN(C)CCN1C)NC1CCN(C(=O)C(C)C)C1. The van der Waals surface area contributed by atoms with E-state index >= 15 is 0 Å². The molecule has 2 fully saturated rings. The number of piperazine rings is 1. The second-order valence-electron chi connectivity index (χ2n) is 7.42. The van der Waals surface area contributed by atoms with Crippen LogP contribution in [0.3, 0.4) is 0 Å². The van der Waals surface area contributed by atoms with E-state index in [0.717, 1.165) is 51.6 Å². The first kappa shape index (κ1) is 19.0. The lowest BCUT2D eigenvalue weighted by Gasteiger charge is -2.38. The highest BCUT2D eigenvalue weighted by Gasteiger charge is 2.28. The van der Waals surface area contributed by atoms with Crippen LogP contribution in [-0.4, -0.2) is 99.1 Å². The van der Waals surface area contributed by atoms with Crippen LogP contribution in [0.5, 0.6) is 0 Å². The molecule has 24 heavy (non-hydrogen) atoms. The van der Waals surface area contributed by atoms with E-state index < -0.39 is 0 Å². The Kier molecular flexibility index (Phi) is 6.86. The number of likely N-dealkylation sites (tertiary alicyclic amines) is 1. The Morgan fingerprint density at radius 2 is 1.96 bits per heavy atom. The molecule has 0 saturated carbocycles. The van der Waals surface area contributed by atoms with E-state index in [1.807, 2.05) is 18.7 Å². The highest BCUT2D eigenvalue weighted by atomic mass is 16.2. The van der Waals surface area contributed by atoms with Gasteiger partial charge in [-0.15, -0.1) is 0 Å². The van der Waals surface area contributed by atoms with Crippen LogP contribution in [0.4, 0.5) is 0 Å². The van der Waals surface area contributed by atoms with Gasteiger partial charge in [-0.25, -0.2) is 0 Å². The third-order valence-electron chi connectivity index (χ3n) is 5.04. The van der Waals surface area contributed by atoms with Crippen molar-refractivity contribution in [1.82, 2.24) is 25.3 Å². The number of rotatable bonds is 4. The number of hydrogen-bond acceptors (Lipinski definition) is 4. The molecule has 7 nitrogen and oxygen atoms in total. The van der Waals surface area contributed by atoms with Crippen molar-refractivity contribution >= 4 is 11.9 Å². The minimum atomic E-state index is 0.0695. The largest absolute Gasteiger partial charge is 0.355 e. The Balaban J connectivity index is 1.78. The van der Waals surface area contributed by atoms with Gasteiger partial charge in [-0.1, -0.05) is 13.8 Å². The summed E-state index contributed by atoms with van der Waals surface area (Å²) >= 11 is 0. The highest BCUT2D eigenvalue weighted by molar-refractivity contribution is 5.81. The van der Waals surface area contributed by atoms with Crippen LogP contribution in [0.2, 0.25) is 0 Å². The summed E-state index contributed by atoms with van der Waals surface area (Å²) in [6, 6.07) is 0.774. The van der Waals surface area contributed by atoms with Crippen LogP contribution in [0, 0.1) is 5.92 Å². The predicted octanol–water partition coefficient (Wildman–Crippen LogP) is -0.346. The normalized spacial score (nSPS) is 26.9. The zero-order valence-electron chi connectivity index (χ0n) is 15.9. The van der Waals surface area contributed by atoms with Crippen molar-refractivity contribution in [2.45, 2.75) is 32.4 Å². The van der Waals surface area contributed by atoms with E-state index in [0.29, 0.717) is 6.04 Å². The van der Waals surface area contributed by atoms with Gasteiger partial charge in [-0.05, 0) is 20.5 Å². The van der Waals surface area contributed by atoms with Crippen LogP contribution < -0.4 is 10.6 Å². The van der Waals surface area contributed by atoms with Gasteiger partial charge in [0.25, 0.3) is 0 Å². The summed E-state index contributed by atoms with van der Waals surface area (Å²) in [5.74, 6) is 1.15. The van der Waals surface area contributed by atoms with E-state index in [2.05, 4.69) is 39.5 Å². The molecule has 2 atom stereocenters. The summed E-state index contributed by atoms with van der Waals surface area (Å²) in [6.07, 6.45) is 0.977. The lowest BCUT2D eigenvalue weighted by atomic mass is 10.2. The van der Waals surface area contributed by atoms with Gasteiger partial charge in [0, 0.05) is 64.3 Å². The third kappa shape index (κ3) is 5.08. The first-order chi connectivity index (χ1) is 11.4. The number of likely N-dealkylation sites (N-methyl/N-ethyl adjacent to an activating group) is 2. The first-order valence-electron chi connectivity index (χ1n) is 9.05. The molecule has 138 valence electrons. The Hall–Kier alpha value is -1.34. The van der Waals surface area contributed by atoms with Crippen molar-refractivity contribution in [3.63, 3.8) is 0 Å². The van der Waals surface area contributed by atoms with Crippen LogP contribution in [0.1, 0.15) is 20.3 Å². The number of hydrogen-bond donors (Lipinski definition) is 2. The molecule has 2 aliphatic rings. The van der Waals surface area contributed by atoms with E-state index in [1.165, 1.54) is 0 Å². The molecule has 0 bridgehead atoms. The second kappa shape index (κ2) is 8.67. The van der Waals surface area contributed by atoms with E-state index in [1.54, 1.807) is 7.05 Å². The Morgan fingerprint density at radius 3 is 2.62 bits per heavy atom. The topological polar surface area (TPSA) is 63.2 Å². The quantitative estimate of drug-likeness (QED) is 0.542. The van der Waals surface area contributed by atoms with Gasteiger partial charge >= 0.3 is 0 Å². The molecule has 2 unspecified atom stereocenters. The molecule has 2 saturated heterocycles. The lowest BCUT2D eigenvalue weighted by Crippen LogP contribution is -2.56. The third-order valence-corrected chi connectivity index (χ3v) is 5.04. The average molecular weight is 339 g/mol. The average Bonchev–Trinajstić information content (AvgIpc) is 3.01. The number of aliphatic imine (C=N–C) groups is 1. The molecular formula is C17H34N6O. The van der Waals surface area contributed by atoms with Crippen LogP contribution in [0.25, 0.3) is 0 Å². The van der Waals surface area contributed by atoms with Gasteiger partial charge in [-0.3, -0.25) is 14.7 Å². The first-order valence-corrected chi connectivity index (χ1v) is 9.05. The zero-order chi connectivity index (χ0) is 17.7. The maximum absolute atomic E-state index is 12.1. The summed E-state index contributed by atoms with van der Waals surface area (Å²) in [7, 11) is 6.16. The maximum Gasteiger partial charge on any atom is 0.225 e. The van der Waals surface area contributed by atoms with E-state index in [4.69, 9.17) is 0 Å². The van der Waals surface area contributed by atoms with Crippen molar-refractivity contribution in [2.75, 3.05) is 60.4 Å². The molecule has 1 amide bonds. The van der Waals surface area contributed by atoms with Crippen molar-refractivity contribution in [1.29, 1.82) is 0 Å².